The number of rotatable bonds is 0. The molecule has 0 atom stereocenters. The van der Waals surface area contributed by atoms with Gasteiger partial charge < -0.3 is 4.42 Å². The van der Waals surface area contributed by atoms with Crippen LogP contribution < -0.4 is 4.57 Å². The van der Waals surface area contributed by atoms with Crippen molar-refractivity contribution in [3.05, 3.63) is 54.2 Å². The quantitative estimate of drug-likeness (QED) is 0.583. The summed E-state index contributed by atoms with van der Waals surface area (Å²) >= 11 is 0. The molecule has 0 aliphatic rings. The van der Waals surface area contributed by atoms with Crippen molar-refractivity contribution in [2.45, 2.75) is 13.8 Å². The van der Waals surface area contributed by atoms with Crippen LogP contribution in [0, 0.1) is 13.8 Å². The highest BCUT2D eigenvalue weighted by molar-refractivity contribution is 4.94. The van der Waals surface area contributed by atoms with Crippen molar-refractivity contribution >= 4 is 0 Å². The molecule has 74 valence electrons. The smallest absolute Gasteiger partial charge is 0.177 e. The molecule has 0 spiro atoms. The number of hydrogen-bond donors (Lipinski definition) is 0. The lowest BCUT2D eigenvalue weighted by Crippen LogP contribution is -2.30. The zero-order valence-electron chi connectivity index (χ0n) is 8.90. The molecule has 2 aromatic rings. The number of hydrogen-bond acceptors (Lipinski definition) is 1. The van der Waals surface area contributed by atoms with E-state index < -0.39 is 0 Å². The topological polar surface area (TPSA) is 17.0 Å². The maximum Gasteiger partial charge on any atom is 0.177 e. The number of aryl methyl sites for hydroxylation is 3. The first-order valence-corrected chi connectivity index (χ1v) is 4.61. The number of aromatic nitrogens is 1. The molecule has 0 saturated heterocycles. The van der Waals surface area contributed by atoms with Crippen LogP contribution in [0.3, 0.4) is 0 Å². The van der Waals surface area contributed by atoms with Gasteiger partial charge in [0.1, 0.15) is 12.8 Å². The molecule has 0 saturated carbocycles. The van der Waals surface area contributed by atoms with Crippen LogP contribution in [0.2, 0.25) is 0 Å². The van der Waals surface area contributed by atoms with Gasteiger partial charge in [0.15, 0.2) is 11.9 Å². The lowest BCUT2D eigenvalue weighted by molar-refractivity contribution is -0.677. The highest BCUT2D eigenvalue weighted by Crippen LogP contribution is 1.93. The van der Waals surface area contributed by atoms with Crippen molar-refractivity contribution in [2.24, 2.45) is 7.05 Å². The summed E-state index contributed by atoms with van der Waals surface area (Å²) in [6, 6.07) is 9.93. The van der Waals surface area contributed by atoms with E-state index in [4.69, 9.17) is 4.42 Å². The van der Waals surface area contributed by atoms with Crippen LogP contribution in [0.5, 0.6) is 0 Å². The Morgan fingerprint density at radius 3 is 2.14 bits per heavy atom. The second-order valence-corrected chi connectivity index (χ2v) is 3.18. The molecular formula is C12H16NO+. The Kier molecular flexibility index (Phi) is 3.92. The number of nitrogens with zero attached hydrogens (tertiary/aromatic N) is 1. The lowest BCUT2D eigenvalue weighted by atomic mass is 10.4. The molecule has 2 heterocycles. The minimum atomic E-state index is 0.968. The fourth-order valence-corrected chi connectivity index (χ4v) is 0.969. The molecule has 0 N–H and O–H groups in total. The van der Waals surface area contributed by atoms with Crippen LogP contribution in [-0.2, 0) is 7.05 Å². The van der Waals surface area contributed by atoms with E-state index in [-0.39, 0.29) is 0 Å². The average molecular weight is 190 g/mol. The van der Waals surface area contributed by atoms with Gasteiger partial charge in [0.2, 0.25) is 0 Å². The van der Waals surface area contributed by atoms with E-state index in [0.717, 1.165) is 5.76 Å². The molecule has 0 fully saturated rings. The van der Waals surface area contributed by atoms with Crippen LogP contribution in [0.15, 0.2) is 47.2 Å². The number of pyridine rings is 1. The van der Waals surface area contributed by atoms with E-state index >= 15 is 0 Å². The van der Waals surface area contributed by atoms with Crippen molar-refractivity contribution in [3.8, 4) is 0 Å². The highest BCUT2D eigenvalue weighted by Gasteiger charge is 1.91. The summed E-state index contributed by atoms with van der Waals surface area (Å²) in [5, 5.41) is 0. The predicted molar refractivity (Wildman–Crippen MR) is 55.8 cm³/mol. The zero-order chi connectivity index (χ0) is 10.4. The monoisotopic (exact) mass is 190 g/mol. The standard InChI is InChI=1S/C7H10N.C5H6O/c1-7-5-3-4-6-8(7)2;1-5-3-2-4-6-5/h3-6H,1-2H3;2-4H,1H3/q+1;. The molecule has 2 aromatic heterocycles. The molecule has 2 heteroatoms. The normalized spacial score (nSPS) is 9.07. The van der Waals surface area contributed by atoms with E-state index in [1.807, 2.05) is 44.4 Å². The first-order chi connectivity index (χ1) is 6.70. The van der Waals surface area contributed by atoms with Gasteiger partial charge in [0.05, 0.1) is 6.26 Å². The predicted octanol–water partition coefficient (Wildman–Crippen LogP) is 2.41. The molecule has 2 rings (SSSR count). The summed E-state index contributed by atoms with van der Waals surface area (Å²) in [5.74, 6) is 0.968. The van der Waals surface area contributed by atoms with E-state index in [1.165, 1.54) is 5.69 Å². The third-order valence-corrected chi connectivity index (χ3v) is 1.98. The Morgan fingerprint density at radius 1 is 1.07 bits per heavy atom. The largest absolute Gasteiger partial charge is 0.470 e. The summed E-state index contributed by atoms with van der Waals surface area (Å²) < 4.78 is 6.92. The van der Waals surface area contributed by atoms with E-state index in [2.05, 4.69) is 17.6 Å². The minimum Gasteiger partial charge on any atom is -0.470 e. The Hall–Kier alpha value is -1.57. The molecular weight excluding hydrogens is 174 g/mol. The first-order valence-electron chi connectivity index (χ1n) is 4.61. The summed E-state index contributed by atoms with van der Waals surface area (Å²) in [6.07, 6.45) is 3.70. The SMILES string of the molecule is Cc1cccc[n+]1C.Cc1ccco1. The fourth-order valence-electron chi connectivity index (χ4n) is 0.969. The van der Waals surface area contributed by atoms with Gasteiger partial charge in [-0.2, -0.15) is 0 Å². The van der Waals surface area contributed by atoms with Gasteiger partial charge in [-0.1, -0.05) is 6.07 Å². The molecule has 0 radical (unpaired) electrons. The summed E-state index contributed by atoms with van der Waals surface area (Å²) in [7, 11) is 2.04. The first kappa shape index (κ1) is 10.5. The van der Waals surface area contributed by atoms with Gasteiger partial charge in [-0.05, 0) is 19.1 Å². The third kappa shape index (κ3) is 3.44. The molecule has 0 aromatic carbocycles. The van der Waals surface area contributed by atoms with E-state index in [1.54, 1.807) is 6.26 Å². The molecule has 0 aliphatic carbocycles. The van der Waals surface area contributed by atoms with Gasteiger partial charge in [-0.3, -0.25) is 0 Å². The Labute approximate surface area is 84.8 Å². The molecule has 0 aliphatic heterocycles. The minimum absolute atomic E-state index is 0.968. The van der Waals surface area contributed by atoms with E-state index in [9.17, 15) is 0 Å². The molecule has 0 bridgehead atoms. The Balaban J connectivity index is 0.000000146. The van der Waals surface area contributed by atoms with Crippen molar-refractivity contribution in [1.29, 1.82) is 0 Å². The average Bonchev–Trinajstić information content (AvgIpc) is 2.63. The van der Waals surface area contributed by atoms with Crippen LogP contribution in [0.25, 0.3) is 0 Å². The summed E-state index contributed by atoms with van der Waals surface area (Å²) in [5.41, 5.74) is 1.28. The molecule has 0 amide bonds. The zero-order valence-corrected chi connectivity index (χ0v) is 8.90. The van der Waals surface area contributed by atoms with Crippen molar-refractivity contribution < 1.29 is 8.98 Å². The van der Waals surface area contributed by atoms with Gasteiger partial charge >= 0.3 is 0 Å². The molecule has 14 heavy (non-hydrogen) atoms. The second kappa shape index (κ2) is 5.22. The maximum atomic E-state index is 4.83. The third-order valence-electron chi connectivity index (χ3n) is 1.98. The van der Waals surface area contributed by atoms with Crippen LogP contribution in [-0.4, -0.2) is 0 Å². The Bertz CT molecular complexity index is 345. The fraction of sp³-hybridized carbons (Fsp3) is 0.250. The molecule has 2 nitrogen and oxygen atoms in total. The molecule has 0 unspecified atom stereocenters. The van der Waals surface area contributed by atoms with Gasteiger partial charge in [-0.15, -0.1) is 0 Å². The van der Waals surface area contributed by atoms with Crippen LogP contribution >= 0.6 is 0 Å². The van der Waals surface area contributed by atoms with E-state index in [0.29, 0.717) is 0 Å². The van der Waals surface area contributed by atoms with Gasteiger partial charge in [-0.25, -0.2) is 4.57 Å². The summed E-state index contributed by atoms with van der Waals surface area (Å²) in [6.45, 7) is 4.00. The number of furan rings is 1. The van der Waals surface area contributed by atoms with Crippen molar-refractivity contribution in [2.75, 3.05) is 0 Å². The van der Waals surface area contributed by atoms with Crippen molar-refractivity contribution in [1.82, 2.24) is 0 Å². The van der Waals surface area contributed by atoms with Gasteiger partial charge in [0.25, 0.3) is 0 Å². The van der Waals surface area contributed by atoms with Crippen molar-refractivity contribution in [3.63, 3.8) is 0 Å². The highest BCUT2D eigenvalue weighted by atomic mass is 16.3. The van der Waals surface area contributed by atoms with Crippen LogP contribution in [0.4, 0.5) is 0 Å². The van der Waals surface area contributed by atoms with Crippen LogP contribution in [0.1, 0.15) is 11.5 Å². The van der Waals surface area contributed by atoms with Gasteiger partial charge in [0, 0.05) is 19.1 Å². The maximum absolute atomic E-state index is 4.83. The Morgan fingerprint density at radius 2 is 1.86 bits per heavy atom. The lowest BCUT2D eigenvalue weighted by Gasteiger charge is -1.87. The second-order valence-electron chi connectivity index (χ2n) is 3.18. The summed E-state index contributed by atoms with van der Waals surface area (Å²) in [4.78, 5) is 0.